The summed E-state index contributed by atoms with van der Waals surface area (Å²) in [7, 11) is 0. The van der Waals surface area contributed by atoms with E-state index < -0.39 is 0 Å². The number of morpholine rings is 1. The molecule has 3 aliphatic rings. The molecule has 0 aromatic heterocycles. The first-order chi connectivity index (χ1) is 9.90. The van der Waals surface area contributed by atoms with Gasteiger partial charge >= 0.3 is 0 Å². The number of hydrogen-bond acceptors (Lipinski definition) is 4. The molecule has 3 rings (SSSR count). The van der Waals surface area contributed by atoms with Crippen LogP contribution in [0.1, 0.15) is 25.7 Å². The van der Waals surface area contributed by atoms with Gasteiger partial charge in [-0.25, -0.2) is 0 Å². The first kappa shape index (κ1) is 14.8. The minimum atomic E-state index is 0.887. The predicted octanol–water partition coefficient (Wildman–Crippen LogP) is 1.03. The molecule has 3 aliphatic heterocycles. The smallest absolute Gasteiger partial charge is 0.0594 e. The van der Waals surface area contributed by atoms with Crippen molar-refractivity contribution in [2.24, 2.45) is 11.8 Å². The molecular weight excluding hydrogens is 250 g/mol. The van der Waals surface area contributed by atoms with Gasteiger partial charge in [0.1, 0.15) is 0 Å². The monoisotopic (exact) mass is 281 g/mol. The van der Waals surface area contributed by atoms with Crippen LogP contribution in [0.15, 0.2) is 0 Å². The fourth-order valence-electron chi connectivity index (χ4n) is 4.06. The number of likely N-dealkylation sites (tertiary alicyclic amines) is 1. The van der Waals surface area contributed by atoms with Gasteiger partial charge < -0.3 is 15.0 Å². The molecule has 3 heterocycles. The van der Waals surface area contributed by atoms with Gasteiger partial charge in [-0.1, -0.05) is 0 Å². The Morgan fingerprint density at radius 2 is 1.70 bits per heavy atom. The summed E-state index contributed by atoms with van der Waals surface area (Å²) in [6.45, 7) is 11.9. The highest BCUT2D eigenvalue weighted by atomic mass is 16.5. The van der Waals surface area contributed by atoms with Crippen LogP contribution in [-0.4, -0.2) is 75.4 Å². The van der Waals surface area contributed by atoms with Crippen LogP contribution >= 0.6 is 0 Å². The third-order valence-corrected chi connectivity index (χ3v) is 5.14. The summed E-state index contributed by atoms with van der Waals surface area (Å²) in [4.78, 5) is 5.35. The zero-order valence-electron chi connectivity index (χ0n) is 12.9. The molecule has 0 aliphatic carbocycles. The van der Waals surface area contributed by atoms with E-state index in [-0.39, 0.29) is 0 Å². The van der Waals surface area contributed by atoms with Crippen molar-refractivity contribution in [2.45, 2.75) is 25.7 Å². The Bertz CT molecular complexity index is 249. The highest BCUT2D eigenvalue weighted by Crippen LogP contribution is 2.21. The lowest BCUT2D eigenvalue weighted by Crippen LogP contribution is -2.46. The fourth-order valence-corrected chi connectivity index (χ4v) is 4.06. The normalized spacial score (nSPS) is 34.2. The first-order valence-corrected chi connectivity index (χ1v) is 8.63. The number of nitrogens with one attached hydrogen (secondary N) is 1. The van der Waals surface area contributed by atoms with Crippen molar-refractivity contribution in [3.05, 3.63) is 0 Å². The third-order valence-electron chi connectivity index (χ3n) is 5.14. The summed E-state index contributed by atoms with van der Waals surface area (Å²) in [6.07, 6.45) is 5.62. The molecule has 1 N–H and O–H groups in total. The van der Waals surface area contributed by atoms with Crippen molar-refractivity contribution < 1.29 is 4.74 Å². The van der Waals surface area contributed by atoms with Crippen LogP contribution < -0.4 is 5.32 Å². The van der Waals surface area contributed by atoms with Crippen molar-refractivity contribution in [3.8, 4) is 0 Å². The Labute approximate surface area is 123 Å². The molecule has 0 bridgehead atoms. The van der Waals surface area contributed by atoms with Crippen LogP contribution in [0, 0.1) is 11.8 Å². The molecule has 0 aromatic rings. The van der Waals surface area contributed by atoms with Crippen LogP contribution in [0.5, 0.6) is 0 Å². The Balaban J connectivity index is 1.41. The third kappa shape index (κ3) is 4.42. The van der Waals surface area contributed by atoms with Crippen molar-refractivity contribution in [3.63, 3.8) is 0 Å². The van der Waals surface area contributed by atoms with Gasteiger partial charge in [-0.2, -0.15) is 0 Å². The molecule has 3 saturated heterocycles. The molecule has 0 aromatic carbocycles. The van der Waals surface area contributed by atoms with E-state index in [4.69, 9.17) is 4.74 Å². The van der Waals surface area contributed by atoms with E-state index in [0.29, 0.717) is 0 Å². The number of ether oxygens (including phenoxy) is 1. The average molecular weight is 281 g/mol. The fraction of sp³-hybridized carbons (Fsp3) is 1.00. The molecule has 2 atom stereocenters. The summed E-state index contributed by atoms with van der Waals surface area (Å²) in [5.41, 5.74) is 0. The van der Waals surface area contributed by atoms with Crippen LogP contribution in [0.25, 0.3) is 0 Å². The molecule has 0 amide bonds. The van der Waals surface area contributed by atoms with Gasteiger partial charge in [-0.05, 0) is 57.2 Å². The van der Waals surface area contributed by atoms with Gasteiger partial charge in [0.15, 0.2) is 0 Å². The number of piperidine rings is 2. The number of hydrogen-bond donors (Lipinski definition) is 1. The number of rotatable bonds is 4. The molecule has 4 heteroatoms. The van der Waals surface area contributed by atoms with Crippen molar-refractivity contribution >= 4 is 0 Å². The Hall–Kier alpha value is -0.160. The average Bonchev–Trinajstić information content (AvgIpc) is 2.50. The van der Waals surface area contributed by atoms with E-state index in [0.717, 1.165) is 38.1 Å². The molecular formula is C16H31N3O. The summed E-state index contributed by atoms with van der Waals surface area (Å²) < 4.78 is 5.45. The van der Waals surface area contributed by atoms with E-state index in [1.165, 1.54) is 65.0 Å². The summed E-state index contributed by atoms with van der Waals surface area (Å²) in [5, 5.41) is 3.55. The van der Waals surface area contributed by atoms with E-state index in [1.54, 1.807) is 0 Å². The van der Waals surface area contributed by atoms with E-state index in [9.17, 15) is 0 Å². The SMILES string of the molecule is C1CNCC(CN2CCC[C@@H](CN3CCOCC3)C2)C1. The topological polar surface area (TPSA) is 27.7 Å². The summed E-state index contributed by atoms with van der Waals surface area (Å²) in [6, 6.07) is 0. The standard InChI is InChI=1S/C16H31N3O/c1-3-15(11-17-5-1)12-19-6-2-4-16(14-19)13-18-7-9-20-10-8-18/h15-17H,1-14H2/t15?,16-/m0/s1. The minimum absolute atomic E-state index is 0.887. The lowest BCUT2D eigenvalue weighted by Gasteiger charge is -2.38. The molecule has 116 valence electrons. The van der Waals surface area contributed by atoms with E-state index in [1.807, 2.05) is 0 Å². The van der Waals surface area contributed by atoms with Gasteiger partial charge in [0.05, 0.1) is 13.2 Å². The molecule has 20 heavy (non-hydrogen) atoms. The zero-order chi connectivity index (χ0) is 13.6. The summed E-state index contributed by atoms with van der Waals surface area (Å²) >= 11 is 0. The Kier molecular flexibility index (Phi) is 5.71. The molecule has 0 saturated carbocycles. The predicted molar refractivity (Wildman–Crippen MR) is 82.0 cm³/mol. The van der Waals surface area contributed by atoms with E-state index in [2.05, 4.69) is 15.1 Å². The van der Waals surface area contributed by atoms with Crippen LogP contribution in [0.4, 0.5) is 0 Å². The lowest BCUT2D eigenvalue weighted by molar-refractivity contribution is 0.0217. The second-order valence-corrected chi connectivity index (χ2v) is 6.89. The van der Waals surface area contributed by atoms with Crippen molar-refractivity contribution in [1.29, 1.82) is 0 Å². The largest absolute Gasteiger partial charge is 0.379 e. The molecule has 0 spiro atoms. The van der Waals surface area contributed by atoms with Gasteiger partial charge in [-0.3, -0.25) is 4.90 Å². The molecule has 1 unspecified atom stereocenters. The molecule has 3 fully saturated rings. The quantitative estimate of drug-likeness (QED) is 0.833. The molecule has 0 radical (unpaired) electrons. The molecule has 4 nitrogen and oxygen atoms in total. The van der Waals surface area contributed by atoms with Gasteiger partial charge in [-0.15, -0.1) is 0 Å². The van der Waals surface area contributed by atoms with Crippen LogP contribution in [0.2, 0.25) is 0 Å². The lowest BCUT2D eigenvalue weighted by atomic mass is 9.94. The Morgan fingerprint density at radius 1 is 0.900 bits per heavy atom. The maximum atomic E-state index is 5.45. The van der Waals surface area contributed by atoms with E-state index >= 15 is 0 Å². The van der Waals surface area contributed by atoms with Gasteiger partial charge in [0.2, 0.25) is 0 Å². The maximum absolute atomic E-state index is 5.45. The van der Waals surface area contributed by atoms with Crippen molar-refractivity contribution in [1.82, 2.24) is 15.1 Å². The van der Waals surface area contributed by atoms with Crippen LogP contribution in [-0.2, 0) is 4.74 Å². The number of nitrogens with zero attached hydrogens (tertiary/aromatic N) is 2. The minimum Gasteiger partial charge on any atom is -0.379 e. The van der Waals surface area contributed by atoms with Crippen LogP contribution in [0.3, 0.4) is 0 Å². The highest BCUT2D eigenvalue weighted by molar-refractivity contribution is 4.80. The first-order valence-electron chi connectivity index (χ1n) is 8.63. The Morgan fingerprint density at radius 3 is 2.50 bits per heavy atom. The van der Waals surface area contributed by atoms with Gasteiger partial charge in [0.25, 0.3) is 0 Å². The second kappa shape index (κ2) is 7.74. The van der Waals surface area contributed by atoms with Gasteiger partial charge in [0, 0.05) is 32.7 Å². The summed E-state index contributed by atoms with van der Waals surface area (Å²) in [5.74, 6) is 1.78. The zero-order valence-corrected chi connectivity index (χ0v) is 12.9. The second-order valence-electron chi connectivity index (χ2n) is 6.89. The highest BCUT2D eigenvalue weighted by Gasteiger charge is 2.25. The van der Waals surface area contributed by atoms with Crippen molar-refractivity contribution in [2.75, 3.05) is 65.6 Å². The maximum Gasteiger partial charge on any atom is 0.0594 e.